The molecule has 0 aliphatic rings. The molecule has 0 fully saturated rings. The lowest BCUT2D eigenvalue weighted by Crippen LogP contribution is -1.96. The van der Waals surface area contributed by atoms with Crippen molar-refractivity contribution in [3.63, 3.8) is 0 Å². The summed E-state index contributed by atoms with van der Waals surface area (Å²) in [6, 6.07) is 5.34. The molecule has 0 spiro atoms. The molecule has 84 valence electrons. The SMILES string of the molecule is NCc1[nH]c(-c2ccc(Cl)c(Cl)c2)nc1Br. The minimum atomic E-state index is 0.398. The molecule has 0 saturated carbocycles. The van der Waals surface area contributed by atoms with Gasteiger partial charge in [-0.2, -0.15) is 0 Å². The maximum atomic E-state index is 5.93. The summed E-state index contributed by atoms with van der Waals surface area (Å²) in [5.41, 5.74) is 7.27. The summed E-state index contributed by atoms with van der Waals surface area (Å²) in [6.45, 7) is 0.398. The van der Waals surface area contributed by atoms with E-state index in [4.69, 9.17) is 28.9 Å². The fourth-order valence-electron chi connectivity index (χ4n) is 1.30. The number of aromatic amines is 1. The highest BCUT2D eigenvalue weighted by Gasteiger charge is 2.09. The minimum absolute atomic E-state index is 0.398. The first-order valence-electron chi connectivity index (χ1n) is 4.51. The molecular formula is C10H8BrCl2N3. The Bertz CT molecular complexity index is 525. The molecule has 2 aromatic rings. The van der Waals surface area contributed by atoms with Crippen LogP contribution in [0, 0.1) is 0 Å². The summed E-state index contributed by atoms with van der Waals surface area (Å²) in [5.74, 6) is 0.714. The lowest BCUT2D eigenvalue weighted by molar-refractivity contribution is 1.00. The van der Waals surface area contributed by atoms with E-state index in [2.05, 4.69) is 25.9 Å². The molecule has 0 aliphatic carbocycles. The molecule has 3 nitrogen and oxygen atoms in total. The van der Waals surface area contributed by atoms with Crippen molar-refractivity contribution in [2.24, 2.45) is 5.73 Å². The molecule has 1 heterocycles. The Morgan fingerprint density at radius 2 is 2.06 bits per heavy atom. The summed E-state index contributed by atoms with van der Waals surface area (Å²) in [6.07, 6.45) is 0. The van der Waals surface area contributed by atoms with Crippen molar-refractivity contribution in [3.05, 3.63) is 38.5 Å². The van der Waals surface area contributed by atoms with E-state index >= 15 is 0 Å². The largest absolute Gasteiger partial charge is 0.340 e. The summed E-state index contributed by atoms with van der Waals surface area (Å²) in [4.78, 5) is 7.41. The van der Waals surface area contributed by atoms with Gasteiger partial charge in [0.25, 0.3) is 0 Å². The maximum Gasteiger partial charge on any atom is 0.138 e. The summed E-state index contributed by atoms with van der Waals surface area (Å²) < 4.78 is 0.719. The van der Waals surface area contributed by atoms with Crippen molar-refractivity contribution < 1.29 is 0 Å². The van der Waals surface area contributed by atoms with Gasteiger partial charge in [0.05, 0.1) is 15.7 Å². The van der Waals surface area contributed by atoms with E-state index in [1.165, 1.54) is 0 Å². The van der Waals surface area contributed by atoms with Crippen LogP contribution in [0.15, 0.2) is 22.8 Å². The molecule has 0 saturated heterocycles. The molecule has 0 amide bonds. The first-order chi connectivity index (χ1) is 7.61. The molecule has 1 aromatic carbocycles. The molecule has 0 atom stereocenters. The summed E-state index contributed by atoms with van der Waals surface area (Å²) in [7, 11) is 0. The number of H-pyrrole nitrogens is 1. The Morgan fingerprint density at radius 3 is 2.62 bits per heavy atom. The molecule has 0 radical (unpaired) electrons. The highest BCUT2D eigenvalue weighted by Crippen LogP contribution is 2.28. The fraction of sp³-hybridized carbons (Fsp3) is 0.100. The molecule has 0 bridgehead atoms. The lowest BCUT2D eigenvalue weighted by Gasteiger charge is -1.99. The van der Waals surface area contributed by atoms with Crippen LogP contribution in [0.5, 0.6) is 0 Å². The molecular weight excluding hydrogens is 313 g/mol. The normalized spacial score (nSPS) is 10.8. The van der Waals surface area contributed by atoms with Crippen LogP contribution in [0.3, 0.4) is 0 Å². The van der Waals surface area contributed by atoms with Gasteiger partial charge in [-0.3, -0.25) is 0 Å². The molecule has 6 heteroatoms. The Balaban J connectivity index is 2.46. The van der Waals surface area contributed by atoms with Crippen LogP contribution in [-0.4, -0.2) is 9.97 Å². The monoisotopic (exact) mass is 319 g/mol. The van der Waals surface area contributed by atoms with Gasteiger partial charge in [0, 0.05) is 12.1 Å². The van der Waals surface area contributed by atoms with E-state index < -0.39 is 0 Å². The molecule has 3 N–H and O–H groups in total. The molecule has 0 aliphatic heterocycles. The Hall–Kier alpha value is -0.550. The minimum Gasteiger partial charge on any atom is -0.340 e. The number of nitrogens with two attached hydrogens (primary N) is 1. The van der Waals surface area contributed by atoms with E-state index in [-0.39, 0.29) is 0 Å². The third-order valence-corrected chi connectivity index (χ3v) is 3.52. The van der Waals surface area contributed by atoms with E-state index in [9.17, 15) is 0 Å². The first-order valence-corrected chi connectivity index (χ1v) is 6.06. The maximum absolute atomic E-state index is 5.93. The van der Waals surface area contributed by atoms with Crippen molar-refractivity contribution in [3.8, 4) is 11.4 Å². The Morgan fingerprint density at radius 1 is 1.31 bits per heavy atom. The number of benzene rings is 1. The van der Waals surface area contributed by atoms with Crippen molar-refractivity contribution in [1.29, 1.82) is 0 Å². The first kappa shape index (κ1) is 11.9. The van der Waals surface area contributed by atoms with Gasteiger partial charge in [-0.15, -0.1) is 0 Å². The molecule has 16 heavy (non-hydrogen) atoms. The van der Waals surface area contributed by atoms with Crippen LogP contribution in [0.2, 0.25) is 10.0 Å². The van der Waals surface area contributed by atoms with Gasteiger partial charge >= 0.3 is 0 Å². The van der Waals surface area contributed by atoms with Crippen LogP contribution in [0.25, 0.3) is 11.4 Å². The number of halogens is 3. The van der Waals surface area contributed by atoms with Gasteiger partial charge in [-0.05, 0) is 34.1 Å². The lowest BCUT2D eigenvalue weighted by atomic mass is 10.2. The van der Waals surface area contributed by atoms with Gasteiger partial charge < -0.3 is 10.7 Å². The molecule has 1 aromatic heterocycles. The summed E-state index contributed by atoms with van der Waals surface area (Å²) in [5, 5.41) is 1.02. The smallest absolute Gasteiger partial charge is 0.138 e. The van der Waals surface area contributed by atoms with Crippen molar-refractivity contribution in [1.82, 2.24) is 9.97 Å². The number of nitrogens with zero attached hydrogens (tertiary/aromatic N) is 1. The zero-order chi connectivity index (χ0) is 11.7. The average Bonchev–Trinajstić information content (AvgIpc) is 2.64. The van der Waals surface area contributed by atoms with E-state index in [0.29, 0.717) is 22.4 Å². The number of rotatable bonds is 2. The van der Waals surface area contributed by atoms with Gasteiger partial charge in [0.1, 0.15) is 10.4 Å². The fourth-order valence-corrected chi connectivity index (χ4v) is 2.04. The number of hydrogen-bond acceptors (Lipinski definition) is 2. The Kier molecular flexibility index (Phi) is 3.54. The van der Waals surface area contributed by atoms with E-state index in [0.717, 1.165) is 15.9 Å². The number of imidazole rings is 1. The molecule has 2 rings (SSSR count). The van der Waals surface area contributed by atoms with Crippen molar-refractivity contribution in [2.75, 3.05) is 0 Å². The van der Waals surface area contributed by atoms with E-state index in [1.807, 2.05) is 6.07 Å². The van der Waals surface area contributed by atoms with Crippen molar-refractivity contribution >= 4 is 39.1 Å². The Labute approximate surface area is 111 Å². The average molecular weight is 321 g/mol. The van der Waals surface area contributed by atoms with Crippen LogP contribution in [0.1, 0.15) is 5.69 Å². The van der Waals surface area contributed by atoms with E-state index in [1.54, 1.807) is 12.1 Å². The third-order valence-electron chi connectivity index (χ3n) is 2.13. The predicted molar refractivity (Wildman–Crippen MR) is 69.6 cm³/mol. The van der Waals surface area contributed by atoms with Gasteiger partial charge in [-0.1, -0.05) is 23.2 Å². The van der Waals surface area contributed by atoms with Crippen LogP contribution >= 0.6 is 39.1 Å². The van der Waals surface area contributed by atoms with Crippen LogP contribution < -0.4 is 5.73 Å². The highest BCUT2D eigenvalue weighted by molar-refractivity contribution is 9.10. The standard InChI is InChI=1S/C10H8BrCl2N3/c11-9-8(4-14)15-10(16-9)5-1-2-6(12)7(13)3-5/h1-3H,4,14H2,(H,15,16). The van der Waals surface area contributed by atoms with Gasteiger partial charge in [0.2, 0.25) is 0 Å². The summed E-state index contributed by atoms with van der Waals surface area (Å²) >= 11 is 15.1. The van der Waals surface area contributed by atoms with Crippen LogP contribution in [-0.2, 0) is 6.54 Å². The van der Waals surface area contributed by atoms with Crippen LogP contribution in [0.4, 0.5) is 0 Å². The second-order valence-corrected chi connectivity index (χ2v) is 4.75. The quantitative estimate of drug-likeness (QED) is 0.888. The van der Waals surface area contributed by atoms with Crippen molar-refractivity contribution in [2.45, 2.75) is 6.54 Å². The topological polar surface area (TPSA) is 54.7 Å². The van der Waals surface area contributed by atoms with Gasteiger partial charge in [-0.25, -0.2) is 4.98 Å². The highest BCUT2D eigenvalue weighted by atomic mass is 79.9. The zero-order valence-corrected chi connectivity index (χ0v) is 11.2. The third kappa shape index (κ3) is 2.25. The molecule has 0 unspecified atom stereocenters. The second-order valence-electron chi connectivity index (χ2n) is 3.19. The predicted octanol–water partition coefficient (Wildman–Crippen LogP) is 3.60. The number of nitrogens with one attached hydrogen (secondary N) is 1. The number of aromatic nitrogens is 2. The zero-order valence-electron chi connectivity index (χ0n) is 8.10. The van der Waals surface area contributed by atoms with Gasteiger partial charge in [0.15, 0.2) is 0 Å². The number of hydrogen-bond donors (Lipinski definition) is 2. The second kappa shape index (κ2) is 4.75.